The number of halogens is 2. The monoisotopic (exact) mass is 399 g/mol. The zero-order valence-electron chi connectivity index (χ0n) is 15.1. The number of ether oxygens (including phenoxy) is 1. The van der Waals surface area contributed by atoms with Crippen LogP contribution in [0.15, 0.2) is 51.8 Å². The van der Waals surface area contributed by atoms with Gasteiger partial charge >= 0.3 is 0 Å². The number of hydrogen-bond acceptors (Lipinski definition) is 5. The van der Waals surface area contributed by atoms with Gasteiger partial charge in [0.1, 0.15) is 23.0 Å². The topological polar surface area (TPSA) is 70.2 Å². The zero-order chi connectivity index (χ0) is 19.8. The van der Waals surface area contributed by atoms with Crippen molar-refractivity contribution in [1.29, 1.82) is 0 Å². The van der Waals surface area contributed by atoms with Crippen LogP contribution < -0.4 is 10.3 Å². The summed E-state index contributed by atoms with van der Waals surface area (Å²) < 4.78 is 25.1. The minimum atomic E-state index is -0.450. The fourth-order valence-electron chi connectivity index (χ4n) is 3.03. The minimum absolute atomic E-state index is 0.0662. The van der Waals surface area contributed by atoms with Crippen molar-refractivity contribution in [3.05, 3.63) is 75.0 Å². The number of benzene rings is 2. The molecule has 0 saturated carbocycles. The molecule has 0 fully saturated rings. The van der Waals surface area contributed by atoms with Crippen molar-refractivity contribution in [3.8, 4) is 17.0 Å². The maximum absolute atomic E-state index is 13.3. The minimum Gasteiger partial charge on any atom is -0.497 e. The average Bonchev–Trinajstić information content (AvgIpc) is 3.08. The van der Waals surface area contributed by atoms with E-state index in [0.29, 0.717) is 28.2 Å². The second-order valence-corrected chi connectivity index (χ2v) is 6.65. The van der Waals surface area contributed by atoms with E-state index in [1.165, 1.54) is 22.9 Å². The first-order valence-electron chi connectivity index (χ1n) is 8.43. The van der Waals surface area contributed by atoms with Gasteiger partial charge in [0.05, 0.1) is 19.0 Å². The summed E-state index contributed by atoms with van der Waals surface area (Å²) in [5, 5.41) is 9.20. The molecular weight excluding hydrogens is 385 g/mol. The zero-order valence-corrected chi connectivity index (χ0v) is 15.8. The van der Waals surface area contributed by atoms with E-state index in [4.69, 9.17) is 20.9 Å². The van der Waals surface area contributed by atoms with Gasteiger partial charge in [-0.2, -0.15) is 5.10 Å². The van der Waals surface area contributed by atoms with Crippen molar-refractivity contribution in [1.82, 2.24) is 14.9 Å². The number of methoxy groups -OCH3 is 1. The van der Waals surface area contributed by atoms with Gasteiger partial charge < -0.3 is 9.26 Å². The van der Waals surface area contributed by atoms with E-state index in [-0.39, 0.29) is 17.1 Å². The summed E-state index contributed by atoms with van der Waals surface area (Å²) in [7, 11) is 1.57. The number of rotatable bonds is 4. The lowest BCUT2D eigenvalue weighted by atomic mass is 10.1. The molecule has 0 saturated heterocycles. The van der Waals surface area contributed by atoms with Gasteiger partial charge in [0, 0.05) is 10.6 Å². The summed E-state index contributed by atoms with van der Waals surface area (Å²) in [5.74, 6) is 0.693. The van der Waals surface area contributed by atoms with Crippen LogP contribution in [0.25, 0.3) is 22.2 Å². The van der Waals surface area contributed by atoms with Gasteiger partial charge in [0.25, 0.3) is 5.56 Å². The Labute approximate surface area is 164 Å². The second kappa shape index (κ2) is 7.09. The molecule has 0 atom stereocenters. The lowest BCUT2D eigenvalue weighted by Crippen LogP contribution is -2.24. The summed E-state index contributed by atoms with van der Waals surface area (Å²) in [6.45, 7) is 1.79. The van der Waals surface area contributed by atoms with E-state index in [1.54, 1.807) is 14.0 Å². The van der Waals surface area contributed by atoms with Crippen LogP contribution >= 0.6 is 11.6 Å². The van der Waals surface area contributed by atoms with Gasteiger partial charge in [0.15, 0.2) is 5.52 Å². The summed E-state index contributed by atoms with van der Waals surface area (Å²) in [6.07, 6.45) is 0. The highest BCUT2D eigenvalue weighted by atomic mass is 35.5. The highest BCUT2D eigenvalue weighted by molar-refractivity contribution is 6.31. The molecule has 0 aliphatic heterocycles. The van der Waals surface area contributed by atoms with Gasteiger partial charge in [-0.25, -0.2) is 9.07 Å². The van der Waals surface area contributed by atoms with Crippen LogP contribution in [0, 0.1) is 12.7 Å². The number of nitrogens with zero attached hydrogens (tertiary/aromatic N) is 3. The Balaban J connectivity index is 1.93. The Morgan fingerprint density at radius 3 is 2.82 bits per heavy atom. The molecule has 0 aliphatic carbocycles. The maximum Gasteiger partial charge on any atom is 0.297 e. The van der Waals surface area contributed by atoms with Crippen LogP contribution in [0.4, 0.5) is 4.39 Å². The summed E-state index contributed by atoms with van der Waals surface area (Å²) >= 11 is 6.12. The molecule has 0 unspecified atom stereocenters. The molecule has 0 aliphatic rings. The van der Waals surface area contributed by atoms with Crippen LogP contribution in [0.5, 0.6) is 5.75 Å². The van der Waals surface area contributed by atoms with Gasteiger partial charge in [0.2, 0.25) is 0 Å². The first kappa shape index (κ1) is 18.2. The van der Waals surface area contributed by atoms with Crippen LogP contribution in [-0.4, -0.2) is 22.0 Å². The molecule has 28 heavy (non-hydrogen) atoms. The molecule has 4 aromatic rings. The molecule has 0 radical (unpaired) electrons. The van der Waals surface area contributed by atoms with E-state index in [2.05, 4.69) is 10.3 Å². The Morgan fingerprint density at radius 2 is 2.07 bits per heavy atom. The molecule has 0 N–H and O–H groups in total. The Morgan fingerprint density at radius 1 is 1.25 bits per heavy atom. The molecule has 2 aromatic heterocycles. The van der Waals surface area contributed by atoms with Crippen molar-refractivity contribution in [2.75, 3.05) is 7.11 Å². The average molecular weight is 400 g/mol. The van der Waals surface area contributed by atoms with Crippen molar-refractivity contribution in [3.63, 3.8) is 0 Å². The van der Waals surface area contributed by atoms with Gasteiger partial charge in [-0.15, -0.1) is 0 Å². The second-order valence-electron chi connectivity index (χ2n) is 6.24. The van der Waals surface area contributed by atoms with Gasteiger partial charge in [-0.3, -0.25) is 4.79 Å². The van der Waals surface area contributed by atoms with E-state index < -0.39 is 11.4 Å². The lowest BCUT2D eigenvalue weighted by molar-refractivity contribution is 0.405. The van der Waals surface area contributed by atoms with Crippen LogP contribution in [0.3, 0.4) is 0 Å². The highest BCUT2D eigenvalue weighted by Gasteiger charge is 2.19. The highest BCUT2D eigenvalue weighted by Crippen LogP contribution is 2.29. The van der Waals surface area contributed by atoms with E-state index in [9.17, 15) is 9.18 Å². The number of hydrogen-bond donors (Lipinski definition) is 0. The van der Waals surface area contributed by atoms with Crippen molar-refractivity contribution in [2.24, 2.45) is 0 Å². The molecule has 2 heterocycles. The Kier molecular flexibility index (Phi) is 4.60. The predicted molar refractivity (Wildman–Crippen MR) is 103 cm³/mol. The maximum atomic E-state index is 13.3. The van der Waals surface area contributed by atoms with E-state index >= 15 is 0 Å². The van der Waals surface area contributed by atoms with Gasteiger partial charge in [-0.1, -0.05) is 35.0 Å². The molecule has 8 heteroatoms. The number of aryl methyl sites for hydroxylation is 1. The molecule has 4 rings (SSSR count). The number of aromatic nitrogens is 3. The SMILES string of the molecule is COc1cccc(-c2nn(Cc3ccc(F)cc3Cl)c(=O)c3noc(C)c23)c1. The predicted octanol–water partition coefficient (Wildman–Crippen LogP) is 4.21. The van der Waals surface area contributed by atoms with Gasteiger partial charge in [-0.05, 0) is 36.8 Å². The van der Waals surface area contributed by atoms with Crippen molar-refractivity contribution in [2.45, 2.75) is 13.5 Å². The molecular formula is C20H15ClFN3O3. The first-order valence-corrected chi connectivity index (χ1v) is 8.81. The van der Waals surface area contributed by atoms with E-state index in [0.717, 1.165) is 5.56 Å². The first-order chi connectivity index (χ1) is 13.5. The number of fused-ring (bicyclic) bond motifs is 1. The van der Waals surface area contributed by atoms with Crippen molar-refractivity contribution >= 4 is 22.5 Å². The van der Waals surface area contributed by atoms with Crippen LogP contribution in [-0.2, 0) is 6.54 Å². The fraction of sp³-hybridized carbons (Fsp3) is 0.150. The van der Waals surface area contributed by atoms with E-state index in [1.807, 2.05) is 24.3 Å². The fourth-order valence-corrected chi connectivity index (χ4v) is 3.25. The molecule has 2 aromatic carbocycles. The Bertz CT molecular complexity index is 1250. The molecule has 0 amide bonds. The normalized spacial score (nSPS) is 11.1. The standard InChI is InChI=1S/C20H15ClFN3O3/c1-11-17-18(12-4-3-5-15(8-12)27-2)23-25(20(26)19(17)24-28-11)10-13-6-7-14(22)9-16(13)21/h3-9H,10H2,1-2H3. The molecule has 0 bridgehead atoms. The molecule has 6 nitrogen and oxygen atoms in total. The summed E-state index contributed by atoms with van der Waals surface area (Å²) in [6, 6.07) is 11.3. The summed E-state index contributed by atoms with van der Waals surface area (Å²) in [5.41, 5.74) is 1.59. The summed E-state index contributed by atoms with van der Waals surface area (Å²) in [4.78, 5) is 12.9. The third-order valence-corrected chi connectivity index (χ3v) is 4.79. The third-order valence-electron chi connectivity index (χ3n) is 4.44. The van der Waals surface area contributed by atoms with Crippen LogP contribution in [0.2, 0.25) is 5.02 Å². The largest absolute Gasteiger partial charge is 0.497 e. The van der Waals surface area contributed by atoms with Crippen LogP contribution in [0.1, 0.15) is 11.3 Å². The smallest absolute Gasteiger partial charge is 0.297 e. The quantitative estimate of drug-likeness (QED) is 0.514. The van der Waals surface area contributed by atoms with Crippen molar-refractivity contribution < 1.29 is 13.7 Å². The molecule has 142 valence electrons. The third kappa shape index (κ3) is 3.14. The Hall–Kier alpha value is -3.19. The molecule has 0 spiro atoms. The lowest BCUT2D eigenvalue weighted by Gasteiger charge is -2.11.